The van der Waals surface area contributed by atoms with E-state index in [0.717, 1.165) is 5.56 Å². The second-order valence-corrected chi connectivity index (χ2v) is 5.16. The zero-order valence-electron chi connectivity index (χ0n) is 13.4. The van der Waals surface area contributed by atoms with Crippen LogP contribution in [-0.4, -0.2) is 31.8 Å². The zero-order chi connectivity index (χ0) is 17.3. The van der Waals surface area contributed by atoms with Crippen molar-refractivity contribution in [3.63, 3.8) is 0 Å². The van der Waals surface area contributed by atoms with Crippen molar-refractivity contribution in [2.24, 2.45) is 11.5 Å². The Labute approximate surface area is 161 Å². The van der Waals surface area contributed by atoms with Crippen LogP contribution in [0, 0.1) is 10.8 Å². The van der Waals surface area contributed by atoms with Gasteiger partial charge in [-0.3, -0.25) is 10.8 Å². The number of nitrogen functional groups attached to an aromatic ring is 2. The third-order valence-electron chi connectivity index (χ3n) is 3.50. The van der Waals surface area contributed by atoms with Gasteiger partial charge in [0.1, 0.15) is 28.8 Å². The summed E-state index contributed by atoms with van der Waals surface area (Å²) in [5.41, 5.74) is 13.7. The molecular formula is C16H17Cl2N7O. The minimum atomic E-state index is -0.106. The van der Waals surface area contributed by atoms with Gasteiger partial charge in [0.25, 0.3) is 0 Å². The first-order valence-corrected chi connectivity index (χ1v) is 7.00. The number of benzene rings is 2. The molecule has 0 aliphatic heterocycles. The number of aromatic nitrogens is 3. The standard InChI is InChI=1S/C16H15N7O.2ClH/c17-15(18)10-3-1-2-9(6-10)12-8-23(22-21-12)13-7-11(16(19)20)4-5-14(13)24;;/h1-8,24H,(H3,17,18)(H3,19,20);2*1H. The Morgan fingerprint density at radius 1 is 0.962 bits per heavy atom. The van der Waals surface area contributed by atoms with Gasteiger partial charge in [0.15, 0.2) is 0 Å². The van der Waals surface area contributed by atoms with Crippen molar-refractivity contribution in [2.45, 2.75) is 0 Å². The first-order chi connectivity index (χ1) is 11.5. The molecule has 136 valence electrons. The molecular weight excluding hydrogens is 377 g/mol. The van der Waals surface area contributed by atoms with Gasteiger partial charge in [0.2, 0.25) is 0 Å². The highest BCUT2D eigenvalue weighted by molar-refractivity contribution is 5.96. The highest BCUT2D eigenvalue weighted by Crippen LogP contribution is 2.24. The van der Waals surface area contributed by atoms with Gasteiger partial charge in [-0.2, -0.15) is 0 Å². The summed E-state index contributed by atoms with van der Waals surface area (Å²) in [5, 5.41) is 33.1. The second kappa shape index (κ2) is 8.32. The van der Waals surface area contributed by atoms with Crippen molar-refractivity contribution < 1.29 is 5.11 Å². The van der Waals surface area contributed by atoms with Crippen LogP contribution in [0.1, 0.15) is 11.1 Å². The van der Waals surface area contributed by atoms with E-state index in [-0.39, 0.29) is 42.2 Å². The molecule has 8 nitrogen and oxygen atoms in total. The Morgan fingerprint density at radius 2 is 1.62 bits per heavy atom. The van der Waals surface area contributed by atoms with Crippen LogP contribution < -0.4 is 11.5 Å². The third-order valence-corrected chi connectivity index (χ3v) is 3.50. The molecule has 0 aliphatic rings. The molecule has 0 unspecified atom stereocenters. The van der Waals surface area contributed by atoms with Gasteiger partial charge < -0.3 is 16.6 Å². The number of nitrogens with one attached hydrogen (secondary N) is 2. The summed E-state index contributed by atoms with van der Waals surface area (Å²) >= 11 is 0. The molecule has 0 bridgehead atoms. The number of nitrogens with two attached hydrogens (primary N) is 2. The van der Waals surface area contributed by atoms with Crippen LogP contribution in [0.3, 0.4) is 0 Å². The van der Waals surface area contributed by atoms with Crippen LogP contribution in [0.15, 0.2) is 48.7 Å². The van der Waals surface area contributed by atoms with Gasteiger partial charge in [0, 0.05) is 16.7 Å². The lowest BCUT2D eigenvalue weighted by Crippen LogP contribution is -2.11. The lowest BCUT2D eigenvalue weighted by atomic mass is 10.1. The largest absolute Gasteiger partial charge is 0.506 e. The predicted octanol–water partition coefficient (Wildman–Crippen LogP) is 2.05. The summed E-state index contributed by atoms with van der Waals surface area (Å²) in [4.78, 5) is 0. The van der Waals surface area contributed by atoms with E-state index in [1.165, 1.54) is 10.7 Å². The van der Waals surface area contributed by atoms with Crippen molar-refractivity contribution in [1.29, 1.82) is 10.8 Å². The van der Waals surface area contributed by atoms with Crippen LogP contribution in [0.25, 0.3) is 16.9 Å². The average Bonchev–Trinajstić information content (AvgIpc) is 3.05. The van der Waals surface area contributed by atoms with Crippen molar-refractivity contribution >= 4 is 36.5 Å². The summed E-state index contributed by atoms with van der Waals surface area (Å²) < 4.78 is 1.40. The highest BCUT2D eigenvalue weighted by atomic mass is 35.5. The number of hydrogen-bond acceptors (Lipinski definition) is 5. The van der Waals surface area contributed by atoms with Gasteiger partial charge in [-0.25, -0.2) is 4.68 Å². The number of hydrogen-bond donors (Lipinski definition) is 5. The number of aromatic hydroxyl groups is 1. The maximum atomic E-state index is 10.0. The third kappa shape index (κ3) is 4.11. The summed E-state index contributed by atoms with van der Waals surface area (Å²) in [5.74, 6) is -0.143. The molecule has 0 saturated carbocycles. The van der Waals surface area contributed by atoms with Crippen LogP contribution in [0.2, 0.25) is 0 Å². The molecule has 3 aromatic rings. The van der Waals surface area contributed by atoms with E-state index in [9.17, 15) is 5.11 Å². The highest BCUT2D eigenvalue weighted by Gasteiger charge is 2.11. The molecule has 0 amide bonds. The molecule has 1 aromatic heterocycles. The first-order valence-electron chi connectivity index (χ1n) is 7.00. The van der Waals surface area contributed by atoms with E-state index in [4.69, 9.17) is 22.3 Å². The maximum absolute atomic E-state index is 10.0. The van der Waals surface area contributed by atoms with E-state index < -0.39 is 0 Å². The van der Waals surface area contributed by atoms with Crippen molar-refractivity contribution in [3.05, 3.63) is 59.8 Å². The van der Waals surface area contributed by atoms with E-state index in [1.54, 1.807) is 36.5 Å². The smallest absolute Gasteiger partial charge is 0.141 e. The predicted molar refractivity (Wildman–Crippen MR) is 105 cm³/mol. The summed E-state index contributed by atoms with van der Waals surface area (Å²) in [6, 6.07) is 11.6. The van der Waals surface area contributed by atoms with Crippen molar-refractivity contribution in [1.82, 2.24) is 15.0 Å². The molecule has 0 fully saturated rings. The zero-order valence-corrected chi connectivity index (χ0v) is 15.0. The Morgan fingerprint density at radius 3 is 2.27 bits per heavy atom. The number of nitrogens with zero attached hydrogens (tertiary/aromatic N) is 3. The summed E-state index contributed by atoms with van der Waals surface area (Å²) in [7, 11) is 0. The normalized spacial score (nSPS) is 9.69. The molecule has 26 heavy (non-hydrogen) atoms. The minimum absolute atomic E-state index is 0. The Bertz CT molecular complexity index is 955. The molecule has 2 aromatic carbocycles. The van der Waals surface area contributed by atoms with Gasteiger partial charge in [-0.05, 0) is 24.3 Å². The molecule has 7 N–H and O–H groups in total. The first kappa shape index (κ1) is 20.9. The molecule has 3 rings (SSSR count). The lowest BCUT2D eigenvalue weighted by Gasteiger charge is -2.06. The maximum Gasteiger partial charge on any atom is 0.141 e. The fourth-order valence-electron chi connectivity index (χ4n) is 2.23. The second-order valence-electron chi connectivity index (χ2n) is 5.16. The SMILES string of the molecule is Cl.Cl.N=C(N)c1cccc(-c2cn(-c3cc(C(=N)N)ccc3O)nn2)c1. The Kier molecular flexibility index (Phi) is 6.71. The van der Waals surface area contributed by atoms with E-state index in [2.05, 4.69) is 10.3 Å². The molecule has 0 atom stereocenters. The van der Waals surface area contributed by atoms with Crippen LogP contribution in [-0.2, 0) is 0 Å². The number of halogens is 2. The van der Waals surface area contributed by atoms with Gasteiger partial charge in [-0.1, -0.05) is 23.4 Å². The number of phenols is 1. The van der Waals surface area contributed by atoms with Crippen LogP contribution in [0.4, 0.5) is 0 Å². The lowest BCUT2D eigenvalue weighted by molar-refractivity contribution is 0.469. The average molecular weight is 394 g/mol. The summed E-state index contributed by atoms with van der Waals surface area (Å²) in [6.07, 6.45) is 1.64. The minimum Gasteiger partial charge on any atom is -0.506 e. The molecule has 0 spiro atoms. The molecule has 0 saturated heterocycles. The number of rotatable bonds is 4. The quantitative estimate of drug-likeness (QED) is 0.339. The molecule has 1 heterocycles. The van der Waals surface area contributed by atoms with Gasteiger partial charge in [-0.15, -0.1) is 29.9 Å². The molecule has 0 radical (unpaired) electrons. The van der Waals surface area contributed by atoms with Gasteiger partial charge >= 0.3 is 0 Å². The fraction of sp³-hybridized carbons (Fsp3) is 0. The molecule has 0 aliphatic carbocycles. The Hall–Kier alpha value is -3.10. The monoisotopic (exact) mass is 393 g/mol. The summed E-state index contributed by atoms with van der Waals surface area (Å²) in [6.45, 7) is 0. The van der Waals surface area contributed by atoms with E-state index in [1.807, 2.05) is 6.07 Å². The van der Waals surface area contributed by atoms with Crippen LogP contribution >= 0.6 is 24.8 Å². The fourth-order valence-corrected chi connectivity index (χ4v) is 2.23. The van der Waals surface area contributed by atoms with E-state index in [0.29, 0.717) is 22.5 Å². The van der Waals surface area contributed by atoms with E-state index >= 15 is 0 Å². The van der Waals surface area contributed by atoms with Crippen LogP contribution in [0.5, 0.6) is 5.75 Å². The topological polar surface area (TPSA) is 151 Å². The van der Waals surface area contributed by atoms with Crippen molar-refractivity contribution in [2.75, 3.05) is 0 Å². The number of amidine groups is 2. The Balaban J connectivity index is 0.00000169. The van der Waals surface area contributed by atoms with Gasteiger partial charge in [0.05, 0.1) is 6.20 Å². The van der Waals surface area contributed by atoms with Crippen molar-refractivity contribution in [3.8, 4) is 22.7 Å². The number of phenolic OH excluding ortho intramolecular Hbond substituents is 1. The molecule has 10 heteroatoms.